The largest absolute Gasteiger partial charge is 0.368 e. The van der Waals surface area contributed by atoms with Crippen LogP contribution in [0.15, 0.2) is 24.3 Å². The van der Waals surface area contributed by atoms with Gasteiger partial charge in [0.25, 0.3) is 0 Å². The smallest absolute Gasteiger partial charge is 0.0417 e. The molecule has 2 nitrogen and oxygen atoms in total. The first-order valence-electron chi connectivity index (χ1n) is 8.38. The van der Waals surface area contributed by atoms with Gasteiger partial charge in [-0.3, -0.25) is 0 Å². The number of rotatable bonds is 4. The van der Waals surface area contributed by atoms with Crippen LogP contribution in [-0.2, 0) is 0 Å². The van der Waals surface area contributed by atoms with Crippen LogP contribution < -0.4 is 10.2 Å². The number of benzene rings is 1. The van der Waals surface area contributed by atoms with Gasteiger partial charge in [0.2, 0.25) is 0 Å². The van der Waals surface area contributed by atoms with E-state index < -0.39 is 0 Å². The van der Waals surface area contributed by atoms with E-state index in [-0.39, 0.29) is 0 Å². The fourth-order valence-electron chi connectivity index (χ4n) is 4.38. The summed E-state index contributed by atoms with van der Waals surface area (Å²) in [6.45, 7) is 3.52. The summed E-state index contributed by atoms with van der Waals surface area (Å²) in [6, 6.07) is 10.3. The molecule has 2 heteroatoms. The third-order valence-corrected chi connectivity index (χ3v) is 5.37. The van der Waals surface area contributed by atoms with Gasteiger partial charge in [-0.1, -0.05) is 31.5 Å². The fraction of sp³-hybridized carbons (Fsp3) is 0.667. The fourth-order valence-corrected chi connectivity index (χ4v) is 4.38. The van der Waals surface area contributed by atoms with Crippen LogP contribution in [0.1, 0.15) is 57.1 Å². The zero-order valence-corrected chi connectivity index (χ0v) is 12.9. The first-order chi connectivity index (χ1) is 9.85. The summed E-state index contributed by atoms with van der Waals surface area (Å²) in [7, 11) is 2.08. The van der Waals surface area contributed by atoms with Crippen LogP contribution in [0.2, 0.25) is 0 Å². The molecule has 0 bridgehead atoms. The van der Waals surface area contributed by atoms with Crippen molar-refractivity contribution in [2.75, 3.05) is 18.5 Å². The molecule has 1 aliphatic heterocycles. The molecule has 0 amide bonds. The highest BCUT2D eigenvalue weighted by atomic mass is 15.2. The molecule has 1 heterocycles. The van der Waals surface area contributed by atoms with Crippen LogP contribution in [0.5, 0.6) is 0 Å². The second-order valence-corrected chi connectivity index (χ2v) is 6.40. The number of piperidine rings is 1. The Morgan fingerprint density at radius 3 is 2.80 bits per heavy atom. The molecule has 1 saturated carbocycles. The van der Waals surface area contributed by atoms with E-state index in [1.54, 1.807) is 0 Å². The number of nitrogens with one attached hydrogen (secondary N) is 1. The summed E-state index contributed by atoms with van der Waals surface area (Å²) in [5, 5.41) is 3.48. The van der Waals surface area contributed by atoms with Crippen LogP contribution in [0, 0.1) is 5.92 Å². The molecule has 3 atom stereocenters. The van der Waals surface area contributed by atoms with E-state index >= 15 is 0 Å². The Hall–Kier alpha value is -1.02. The van der Waals surface area contributed by atoms with E-state index in [9.17, 15) is 0 Å². The molecule has 1 saturated heterocycles. The van der Waals surface area contributed by atoms with Gasteiger partial charge in [-0.2, -0.15) is 0 Å². The van der Waals surface area contributed by atoms with Crippen molar-refractivity contribution < 1.29 is 0 Å². The number of fused-ring (bicyclic) bond motifs is 1. The van der Waals surface area contributed by atoms with Crippen LogP contribution in [0.4, 0.5) is 5.69 Å². The molecule has 3 rings (SSSR count). The van der Waals surface area contributed by atoms with Gasteiger partial charge in [-0.25, -0.2) is 0 Å². The number of hydrogen-bond acceptors (Lipinski definition) is 2. The van der Waals surface area contributed by atoms with Gasteiger partial charge in [0, 0.05) is 24.3 Å². The highest BCUT2D eigenvalue weighted by Crippen LogP contribution is 2.41. The molecule has 1 N–H and O–H groups in total. The quantitative estimate of drug-likeness (QED) is 0.886. The maximum atomic E-state index is 3.48. The molecule has 0 spiro atoms. The maximum absolute atomic E-state index is 3.48. The van der Waals surface area contributed by atoms with Gasteiger partial charge in [-0.15, -0.1) is 0 Å². The van der Waals surface area contributed by atoms with E-state index in [1.165, 1.54) is 49.9 Å². The van der Waals surface area contributed by atoms with Gasteiger partial charge < -0.3 is 10.2 Å². The van der Waals surface area contributed by atoms with Crippen LogP contribution >= 0.6 is 0 Å². The van der Waals surface area contributed by atoms with Crippen LogP contribution in [-0.4, -0.2) is 19.6 Å². The van der Waals surface area contributed by atoms with E-state index in [4.69, 9.17) is 0 Å². The van der Waals surface area contributed by atoms with Crippen molar-refractivity contribution in [3.05, 3.63) is 29.8 Å². The Kier molecular flexibility index (Phi) is 4.30. The predicted octanol–water partition coefficient (Wildman–Crippen LogP) is 4.13. The van der Waals surface area contributed by atoms with Crippen LogP contribution in [0.25, 0.3) is 0 Å². The van der Waals surface area contributed by atoms with Crippen molar-refractivity contribution in [2.45, 2.75) is 57.5 Å². The molecule has 0 radical (unpaired) electrons. The monoisotopic (exact) mass is 272 g/mol. The highest BCUT2D eigenvalue weighted by Gasteiger charge is 2.35. The minimum Gasteiger partial charge on any atom is -0.368 e. The molecular formula is C18H28N2. The Labute approximate surface area is 123 Å². The molecule has 0 aromatic heterocycles. The second kappa shape index (κ2) is 6.17. The number of para-hydroxylation sites is 1. The predicted molar refractivity (Wildman–Crippen MR) is 86.2 cm³/mol. The first-order valence-corrected chi connectivity index (χ1v) is 8.38. The van der Waals surface area contributed by atoms with Gasteiger partial charge in [0.1, 0.15) is 0 Å². The molecule has 3 unspecified atom stereocenters. The lowest BCUT2D eigenvalue weighted by Crippen LogP contribution is -2.43. The zero-order valence-electron chi connectivity index (χ0n) is 12.9. The molecule has 1 aliphatic carbocycles. The average molecular weight is 272 g/mol. The SMILES string of the molecule is CCC(NC)c1ccccc1N1CCCC2CCCC21. The lowest BCUT2D eigenvalue weighted by molar-refractivity contribution is 0.361. The van der Waals surface area contributed by atoms with Crippen molar-refractivity contribution in [3.8, 4) is 0 Å². The molecule has 110 valence electrons. The van der Waals surface area contributed by atoms with Crippen molar-refractivity contribution in [1.29, 1.82) is 0 Å². The summed E-state index contributed by atoms with van der Waals surface area (Å²) >= 11 is 0. The second-order valence-electron chi connectivity index (χ2n) is 6.40. The van der Waals surface area contributed by atoms with Gasteiger partial charge in [0.15, 0.2) is 0 Å². The Morgan fingerprint density at radius 1 is 1.20 bits per heavy atom. The number of anilines is 1. The third kappa shape index (κ3) is 2.46. The number of hydrogen-bond donors (Lipinski definition) is 1. The Bertz CT molecular complexity index is 439. The molecule has 2 aliphatic rings. The van der Waals surface area contributed by atoms with E-state index in [1.807, 2.05) is 0 Å². The molecular weight excluding hydrogens is 244 g/mol. The van der Waals surface area contributed by atoms with Gasteiger partial charge in [-0.05, 0) is 56.7 Å². The summed E-state index contributed by atoms with van der Waals surface area (Å²) in [6.07, 6.45) is 8.24. The first kappa shape index (κ1) is 13.9. The Balaban J connectivity index is 1.92. The van der Waals surface area contributed by atoms with Crippen LogP contribution in [0.3, 0.4) is 0 Å². The lowest BCUT2D eigenvalue weighted by atomic mass is 9.90. The van der Waals surface area contributed by atoms with Crippen molar-refractivity contribution >= 4 is 5.69 Å². The third-order valence-electron chi connectivity index (χ3n) is 5.37. The van der Waals surface area contributed by atoms with Gasteiger partial charge >= 0.3 is 0 Å². The van der Waals surface area contributed by atoms with Crippen molar-refractivity contribution in [1.82, 2.24) is 5.32 Å². The van der Waals surface area contributed by atoms with E-state index in [0.717, 1.165) is 18.4 Å². The van der Waals surface area contributed by atoms with Gasteiger partial charge in [0.05, 0.1) is 0 Å². The van der Waals surface area contributed by atoms with Crippen molar-refractivity contribution in [3.63, 3.8) is 0 Å². The summed E-state index contributed by atoms with van der Waals surface area (Å²) in [4.78, 5) is 2.73. The normalized spacial score (nSPS) is 27.4. The standard InChI is InChI=1S/C18H28N2/c1-3-16(19-2)15-10-4-5-11-18(15)20-13-7-9-14-8-6-12-17(14)20/h4-5,10-11,14,16-17,19H,3,6-9,12-13H2,1-2H3. The Morgan fingerprint density at radius 2 is 2.00 bits per heavy atom. The summed E-state index contributed by atoms with van der Waals surface area (Å²) < 4.78 is 0. The zero-order chi connectivity index (χ0) is 13.9. The minimum atomic E-state index is 0.480. The molecule has 2 fully saturated rings. The van der Waals surface area contributed by atoms with E-state index in [2.05, 4.69) is 48.5 Å². The van der Waals surface area contributed by atoms with Crippen molar-refractivity contribution in [2.24, 2.45) is 5.92 Å². The summed E-state index contributed by atoms with van der Waals surface area (Å²) in [5.74, 6) is 0.950. The van der Waals surface area contributed by atoms with E-state index in [0.29, 0.717) is 6.04 Å². The topological polar surface area (TPSA) is 15.3 Å². The molecule has 1 aromatic carbocycles. The highest BCUT2D eigenvalue weighted by molar-refractivity contribution is 5.56. The average Bonchev–Trinajstić information content (AvgIpc) is 2.97. The molecule has 1 aromatic rings. The lowest BCUT2D eigenvalue weighted by Gasteiger charge is -2.41. The number of nitrogens with zero attached hydrogens (tertiary/aromatic N) is 1. The summed E-state index contributed by atoms with van der Waals surface area (Å²) in [5.41, 5.74) is 2.98. The molecule has 20 heavy (non-hydrogen) atoms. The minimum absolute atomic E-state index is 0.480. The maximum Gasteiger partial charge on any atom is 0.0417 e.